The fourth-order valence-corrected chi connectivity index (χ4v) is 2.08. The molecule has 114 valence electrons. The molecule has 0 radical (unpaired) electrons. The van der Waals surface area contributed by atoms with Crippen molar-refractivity contribution in [2.45, 2.75) is 13.8 Å². The van der Waals surface area contributed by atoms with Crippen LogP contribution in [0.5, 0.6) is 5.75 Å². The first-order valence-electron chi connectivity index (χ1n) is 6.76. The van der Waals surface area contributed by atoms with Gasteiger partial charge in [0, 0.05) is 5.02 Å². The summed E-state index contributed by atoms with van der Waals surface area (Å²) in [6, 6.07) is 12.8. The molecule has 0 aliphatic heterocycles. The van der Waals surface area contributed by atoms with Gasteiger partial charge in [-0.15, -0.1) is 0 Å². The maximum absolute atomic E-state index is 12.2. The van der Waals surface area contributed by atoms with E-state index >= 15 is 0 Å². The van der Waals surface area contributed by atoms with Crippen molar-refractivity contribution in [1.29, 1.82) is 0 Å². The summed E-state index contributed by atoms with van der Waals surface area (Å²) in [7, 11) is 1.50. The number of nitrogens with zero attached hydrogens (tertiary/aromatic N) is 1. The molecule has 0 fully saturated rings. The molecule has 1 N–H and O–H groups in total. The second kappa shape index (κ2) is 7.09. The Bertz CT molecular complexity index is 709. The van der Waals surface area contributed by atoms with E-state index in [-0.39, 0.29) is 5.91 Å². The van der Waals surface area contributed by atoms with Gasteiger partial charge in [-0.05, 0) is 37.6 Å². The highest BCUT2D eigenvalue weighted by Gasteiger charge is 2.12. The molecule has 5 heteroatoms. The third-order valence-electron chi connectivity index (χ3n) is 3.20. The van der Waals surface area contributed by atoms with Crippen LogP contribution in [0.1, 0.15) is 28.4 Å². The van der Waals surface area contributed by atoms with Gasteiger partial charge in [-0.2, -0.15) is 5.10 Å². The zero-order valence-electron chi connectivity index (χ0n) is 12.7. The van der Waals surface area contributed by atoms with E-state index in [1.54, 1.807) is 18.2 Å². The molecule has 0 aliphatic rings. The van der Waals surface area contributed by atoms with E-state index < -0.39 is 0 Å². The van der Waals surface area contributed by atoms with Gasteiger partial charge in [0.15, 0.2) is 0 Å². The van der Waals surface area contributed by atoms with Gasteiger partial charge in [-0.3, -0.25) is 4.79 Å². The van der Waals surface area contributed by atoms with Crippen molar-refractivity contribution in [2.24, 2.45) is 5.10 Å². The van der Waals surface area contributed by atoms with E-state index in [1.165, 1.54) is 12.7 Å². The number of hydrogen-bond acceptors (Lipinski definition) is 3. The van der Waals surface area contributed by atoms with Crippen LogP contribution in [0.15, 0.2) is 47.6 Å². The van der Waals surface area contributed by atoms with Crippen LogP contribution in [-0.4, -0.2) is 18.7 Å². The summed E-state index contributed by atoms with van der Waals surface area (Å²) in [4.78, 5) is 12.2. The molecule has 0 unspecified atom stereocenters. The van der Waals surface area contributed by atoms with E-state index in [2.05, 4.69) is 10.5 Å². The van der Waals surface area contributed by atoms with E-state index in [4.69, 9.17) is 16.3 Å². The molecule has 0 heterocycles. The Balaban J connectivity index is 2.17. The van der Waals surface area contributed by atoms with E-state index in [1.807, 2.05) is 38.1 Å². The van der Waals surface area contributed by atoms with Gasteiger partial charge in [-0.1, -0.05) is 41.4 Å². The van der Waals surface area contributed by atoms with Gasteiger partial charge < -0.3 is 4.74 Å². The van der Waals surface area contributed by atoms with Crippen molar-refractivity contribution in [3.8, 4) is 5.75 Å². The summed E-state index contributed by atoms with van der Waals surface area (Å²) in [5, 5.41) is 4.59. The normalized spacial score (nSPS) is 11.2. The highest BCUT2D eigenvalue weighted by atomic mass is 35.5. The number of halogens is 1. The van der Waals surface area contributed by atoms with Crippen molar-refractivity contribution in [3.05, 3.63) is 64.2 Å². The lowest BCUT2D eigenvalue weighted by atomic mass is 10.1. The van der Waals surface area contributed by atoms with Crippen molar-refractivity contribution >= 4 is 23.2 Å². The largest absolute Gasteiger partial charge is 0.496 e. The average Bonchev–Trinajstić information content (AvgIpc) is 2.53. The minimum absolute atomic E-state index is 0.343. The first kappa shape index (κ1) is 16.0. The monoisotopic (exact) mass is 316 g/mol. The molecular weight excluding hydrogens is 300 g/mol. The first-order chi connectivity index (χ1) is 10.5. The number of carbonyl (C=O) groups excluding carboxylic acids is 1. The van der Waals surface area contributed by atoms with Crippen LogP contribution in [0.4, 0.5) is 0 Å². The molecule has 0 atom stereocenters. The number of hydrogen-bond donors (Lipinski definition) is 1. The zero-order chi connectivity index (χ0) is 16.1. The number of nitrogens with one attached hydrogen (secondary N) is 1. The number of carbonyl (C=O) groups is 1. The summed E-state index contributed by atoms with van der Waals surface area (Å²) in [6.45, 7) is 3.85. The Labute approximate surface area is 134 Å². The van der Waals surface area contributed by atoms with Crippen molar-refractivity contribution in [1.82, 2.24) is 5.43 Å². The molecule has 0 aliphatic carbocycles. The quantitative estimate of drug-likeness (QED) is 0.689. The number of benzene rings is 2. The maximum Gasteiger partial charge on any atom is 0.275 e. The number of amides is 1. The van der Waals surface area contributed by atoms with Gasteiger partial charge in [0.05, 0.1) is 18.4 Å². The average molecular weight is 317 g/mol. The highest BCUT2D eigenvalue weighted by Crippen LogP contribution is 2.22. The molecule has 0 saturated carbocycles. The van der Waals surface area contributed by atoms with Crippen molar-refractivity contribution in [2.75, 3.05) is 7.11 Å². The second-order valence-corrected chi connectivity index (χ2v) is 5.29. The van der Waals surface area contributed by atoms with Crippen LogP contribution in [0.2, 0.25) is 5.02 Å². The summed E-state index contributed by atoms with van der Waals surface area (Å²) in [5.74, 6) is 0.0795. The maximum atomic E-state index is 12.2. The van der Waals surface area contributed by atoms with Gasteiger partial charge in [0.1, 0.15) is 5.75 Å². The SMILES string of the molecule is COc1ccc(Cl)cc1C(=O)NN=C(C)c1ccc(C)cc1. The predicted octanol–water partition coefficient (Wildman–Crippen LogP) is 3.81. The molecule has 4 nitrogen and oxygen atoms in total. The lowest BCUT2D eigenvalue weighted by Crippen LogP contribution is -2.20. The minimum atomic E-state index is -0.370. The Hall–Kier alpha value is -2.33. The van der Waals surface area contributed by atoms with Crippen molar-refractivity contribution < 1.29 is 9.53 Å². The Morgan fingerprint density at radius 3 is 2.50 bits per heavy atom. The van der Waals surface area contributed by atoms with Gasteiger partial charge in [-0.25, -0.2) is 5.43 Å². The Morgan fingerprint density at radius 2 is 1.86 bits per heavy atom. The molecule has 22 heavy (non-hydrogen) atoms. The summed E-state index contributed by atoms with van der Waals surface area (Å²) in [6.07, 6.45) is 0. The summed E-state index contributed by atoms with van der Waals surface area (Å²) in [5.41, 5.74) is 5.70. The molecular formula is C17H17ClN2O2. The molecule has 2 aromatic rings. The van der Waals surface area contributed by atoms with E-state index in [0.717, 1.165) is 5.56 Å². The van der Waals surface area contributed by atoms with E-state index in [9.17, 15) is 4.79 Å². The third-order valence-corrected chi connectivity index (χ3v) is 3.44. The lowest BCUT2D eigenvalue weighted by molar-refractivity contribution is 0.0952. The molecule has 0 aromatic heterocycles. The molecule has 0 spiro atoms. The second-order valence-electron chi connectivity index (χ2n) is 4.85. The van der Waals surface area contributed by atoms with Crippen LogP contribution in [0.25, 0.3) is 0 Å². The fraction of sp³-hybridized carbons (Fsp3) is 0.176. The van der Waals surface area contributed by atoms with Crippen LogP contribution < -0.4 is 10.2 Å². The van der Waals surface area contributed by atoms with Gasteiger partial charge in [0.2, 0.25) is 0 Å². The number of hydrazone groups is 1. The Kier molecular flexibility index (Phi) is 5.17. The third kappa shape index (κ3) is 3.86. The molecule has 0 bridgehead atoms. The number of ether oxygens (including phenoxy) is 1. The van der Waals surface area contributed by atoms with Crippen LogP contribution in [0, 0.1) is 6.92 Å². The summed E-state index contributed by atoms with van der Waals surface area (Å²) < 4.78 is 5.16. The fourth-order valence-electron chi connectivity index (χ4n) is 1.91. The highest BCUT2D eigenvalue weighted by molar-refractivity contribution is 6.31. The lowest BCUT2D eigenvalue weighted by Gasteiger charge is -2.08. The topological polar surface area (TPSA) is 50.7 Å². The zero-order valence-corrected chi connectivity index (χ0v) is 13.4. The van der Waals surface area contributed by atoms with Crippen LogP contribution in [0.3, 0.4) is 0 Å². The molecule has 2 rings (SSSR count). The van der Waals surface area contributed by atoms with E-state index in [0.29, 0.717) is 22.0 Å². The van der Waals surface area contributed by atoms with Gasteiger partial charge >= 0.3 is 0 Å². The Morgan fingerprint density at radius 1 is 1.18 bits per heavy atom. The number of rotatable bonds is 4. The number of methoxy groups -OCH3 is 1. The first-order valence-corrected chi connectivity index (χ1v) is 7.14. The number of aryl methyl sites for hydroxylation is 1. The van der Waals surface area contributed by atoms with Crippen LogP contribution >= 0.6 is 11.6 Å². The van der Waals surface area contributed by atoms with Crippen LogP contribution in [-0.2, 0) is 0 Å². The smallest absolute Gasteiger partial charge is 0.275 e. The standard InChI is InChI=1S/C17H17ClN2O2/c1-11-4-6-13(7-5-11)12(2)19-20-17(21)15-10-14(18)8-9-16(15)22-3/h4-10H,1-3H3,(H,20,21). The molecule has 2 aromatic carbocycles. The van der Waals surface area contributed by atoms with Crippen molar-refractivity contribution in [3.63, 3.8) is 0 Å². The minimum Gasteiger partial charge on any atom is -0.496 e. The summed E-state index contributed by atoms with van der Waals surface area (Å²) >= 11 is 5.92. The predicted molar refractivity (Wildman–Crippen MR) is 88.9 cm³/mol. The molecule has 1 amide bonds. The molecule has 0 saturated heterocycles. The van der Waals surface area contributed by atoms with Gasteiger partial charge in [0.25, 0.3) is 5.91 Å².